The van der Waals surface area contributed by atoms with Crippen LogP contribution in [0.4, 0.5) is 0 Å². The summed E-state index contributed by atoms with van der Waals surface area (Å²) in [6, 6.07) is 0.529. The minimum Gasteiger partial charge on any atom is -0.463 e. The van der Waals surface area contributed by atoms with Crippen LogP contribution < -0.4 is 11.1 Å². The van der Waals surface area contributed by atoms with Crippen LogP contribution in [0.2, 0.25) is 0 Å². The number of carbonyl (C=O) groups is 1. The van der Waals surface area contributed by atoms with Crippen LogP contribution in [0.1, 0.15) is 126 Å². The van der Waals surface area contributed by atoms with Crippen molar-refractivity contribution in [3.8, 4) is 0 Å². The van der Waals surface area contributed by atoms with Crippen molar-refractivity contribution in [3.63, 3.8) is 0 Å². The van der Waals surface area contributed by atoms with E-state index in [4.69, 9.17) is 10.5 Å². The Morgan fingerprint density at radius 1 is 0.974 bits per heavy atom. The number of nitrogens with one attached hydrogen (secondary N) is 1. The van der Waals surface area contributed by atoms with E-state index in [1.54, 1.807) is 6.92 Å². The SMILES string of the molecule is CCC(CC[C@@H](C)[C@H]1CC[C@H]2[C@@H]3C[C@@H](NCCCN)[C@H]4C[C@@H](OC(C)=O)CC[C@]4(C)[C@H]3CC[C@]12C)C(C)C. The zero-order valence-electron chi connectivity index (χ0n) is 26.1. The Morgan fingerprint density at radius 2 is 1.68 bits per heavy atom. The summed E-state index contributed by atoms with van der Waals surface area (Å²) in [5, 5.41) is 4.01. The van der Waals surface area contributed by atoms with Gasteiger partial charge >= 0.3 is 5.97 Å². The molecule has 4 heteroatoms. The first kappa shape index (κ1) is 30.4. The number of carbonyl (C=O) groups excluding carboxylic acids is 1. The number of rotatable bonds is 11. The van der Waals surface area contributed by atoms with Gasteiger partial charge in [-0.1, -0.05) is 54.4 Å². The molecule has 0 aliphatic heterocycles. The first-order chi connectivity index (χ1) is 18.0. The molecule has 0 amide bonds. The third kappa shape index (κ3) is 5.88. The maximum Gasteiger partial charge on any atom is 0.302 e. The average Bonchev–Trinajstić information content (AvgIpc) is 3.22. The number of esters is 1. The summed E-state index contributed by atoms with van der Waals surface area (Å²) in [7, 11) is 0. The Kier molecular flexibility index (Phi) is 9.98. The summed E-state index contributed by atoms with van der Waals surface area (Å²) in [4.78, 5) is 11.8. The molecule has 0 spiro atoms. The second kappa shape index (κ2) is 12.5. The quantitative estimate of drug-likeness (QED) is 0.213. The Bertz CT molecular complexity index is 784. The lowest BCUT2D eigenvalue weighted by Crippen LogP contribution is -2.61. The van der Waals surface area contributed by atoms with Gasteiger partial charge in [-0.25, -0.2) is 0 Å². The lowest BCUT2D eigenvalue weighted by atomic mass is 9.43. The van der Waals surface area contributed by atoms with Gasteiger partial charge in [0, 0.05) is 13.0 Å². The van der Waals surface area contributed by atoms with Crippen LogP contribution in [0.15, 0.2) is 0 Å². The Morgan fingerprint density at radius 3 is 2.34 bits per heavy atom. The van der Waals surface area contributed by atoms with Gasteiger partial charge in [-0.15, -0.1) is 0 Å². The van der Waals surface area contributed by atoms with Gasteiger partial charge in [0.25, 0.3) is 0 Å². The second-order valence-electron chi connectivity index (χ2n) is 15.1. The fourth-order valence-electron chi connectivity index (χ4n) is 10.9. The third-order valence-electron chi connectivity index (χ3n) is 13.0. The van der Waals surface area contributed by atoms with Crippen LogP contribution in [-0.4, -0.2) is 31.2 Å². The largest absolute Gasteiger partial charge is 0.463 e. The van der Waals surface area contributed by atoms with Crippen LogP contribution >= 0.6 is 0 Å². The predicted octanol–water partition coefficient (Wildman–Crippen LogP) is 7.59. The van der Waals surface area contributed by atoms with Gasteiger partial charge in [0.15, 0.2) is 0 Å². The first-order valence-corrected chi connectivity index (χ1v) is 16.7. The fourth-order valence-corrected chi connectivity index (χ4v) is 10.9. The Hall–Kier alpha value is -0.610. The predicted molar refractivity (Wildman–Crippen MR) is 159 cm³/mol. The van der Waals surface area contributed by atoms with E-state index in [1.165, 1.54) is 57.8 Å². The molecule has 0 aromatic heterocycles. The summed E-state index contributed by atoms with van der Waals surface area (Å²) in [5.41, 5.74) is 6.76. The molecule has 1 unspecified atom stereocenters. The van der Waals surface area contributed by atoms with E-state index >= 15 is 0 Å². The highest BCUT2D eigenvalue weighted by Crippen LogP contribution is 2.68. The molecular formula is C34H62N2O2. The highest BCUT2D eigenvalue weighted by molar-refractivity contribution is 5.66. The van der Waals surface area contributed by atoms with Gasteiger partial charge in [0.1, 0.15) is 6.10 Å². The molecule has 0 aromatic carbocycles. The normalized spacial score (nSPS) is 42.2. The highest BCUT2D eigenvalue weighted by atomic mass is 16.5. The summed E-state index contributed by atoms with van der Waals surface area (Å²) < 4.78 is 5.80. The lowest BCUT2D eigenvalue weighted by Gasteiger charge is -2.63. The number of nitrogens with two attached hydrogens (primary N) is 1. The third-order valence-corrected chi connectivity index (χ3v) is 13.0. The standard InChI is InChI=1S/C34H62N2O2/c1-8-25(22(2)3)11-10-23(4)28-12-13-29-27-21-32(36-19-9-18-35)31-20-26(38-24(5)37)14-16-34(31,7)30(27)15-17-33(28,29)6/h22-23,25-32,36H,8-21,35H2,1-7H3/t23-,25?,26+,27+,28-,29+,30+,31-,32-,33-,34-/m1/s1. The number of hydrogen-bond acceptors (Lipinski definition) is 4. The van der Waals surface area contributed by atoms with E-state index in [1.807, 2.05) is 0 Å². The Labute approximate surface area is 235 Å². The van der Waals surface area contributed by atoms with Crippen molar-refractivity contribution < 1.29 is 9.53 Å². The van der Waals surface area contributed by atoms with Crippen LogP contribution in [-0.2, 0) is 9.53 Å². The van der Waals surface area contributed by atoms with Gasteiger partial charge in [-0.3, -0.25) is 4.79 Å². The van der Waals surface area contributed by atoms with Gasteiger partial charge in [0.2, 0.25) is 0 Å². The molecule has 220 valence electrons. The van der Waals surface area contributed by atoms with Crippen LogP contribution in [0.25, 0.3) is 0 Å². The maximum atomic E-state index is 11.8. The van der Waals surface area contributed by atoms with Crippen molar-refractivity contribution in [2.45, 2.75) is 138 Å². The van der Waals surface area contributed by atoms with Crippen molar-refractivity contribution in [1.29, 1.82) is 0 Å². The fraction of sp³-hybridized carbons (Fsp3) is 0.971. The molecule has 0 radical (unpaired) electrons. The van der Waals surface area contributed by atoms with Crippen molar-refractivity contribution in [1.82, 2.24) is 5.32 Å². The molecule has 4 rings (SSSR count). The van der Waals surface area contributed by atoms with Gasteiger partial charge in [-0.2, -0.15) is 0 Å². The van der Waals surface area contributed by atoms with E-state index in [0.29, 0.717) is 22.8 Å². The molecule has 4 saturated carbocycles. The highest BCUT2D eigenvalue weighted by Gasteiger charge is 2.62. The van der Waals surface area contributed by atoms with Crippen molar-refractivity contribution >= 4 is 5.97 Å². The van der Waals surface area contributed by atoms with Crippen LogP contribution in [0.3, 0.4) is 0 Å². The summed E-state index contributed by atoms with van der Waals surface area (Å²) in [6.07, 6.45) is 15.6. The summed E-state index contributed by atoms with van der Waals surface area (Å²) in [6.45, 7) is 18.5. The van der Waals surface area contributed by atoms with Crippen LogP contribution in [0, 0.1) is 58.2 Å². The van der Waals surface area contributed by atoms with Gasteiger partial charge in [-0.05, 0) is 135 Å². The molecule has 4 aliphatic carbocycles. The van der Waals surface area contributed by atoms with E-state index in [-0.39, 0.29) is 12.1 Å². The maximum absolute atomic E-state index is 11.8. The van der Waals surface area contributed by atoms with E-state index in [0.717, 1.165) is 73.8 Å². The van der Waals surface area contributed by atoms with Crippen LogP contribution in [0.5, 0.6) is 0 Å². The lowest BCUT2D eigenvalue weighted by molar-refractivity contribution is -0.164. The second-order valence-corrected chi connectivity index (χ2v) is 15.1. The molecule has 0 heterocycles. The summed E-state index contributed by atoms with van der Waals surface area (Å²) >= 11 is 0. The number of hydrogen-bond donors (Lipinski definition) is 2. The molecule has 38 heavy (non-hydrogen) atoms. The molecule has 4 aliphatic rings. The van der Waals surface area contributed by atoms with Crippen molar-refractivity contribution in [2.75, 3.05) is 13.1 Å². The van der Waals surface area contributed by atoms with E-state index < -0.39 is 0 Å². The number of fused-ring (bicyclic) bond motifs is 5. The molecule has 0 aromatic rings. The van der Waals surface area contributed by atoms with Crippen molar-refractivity contribution in [2.24, 2.45) is 63.9 Å². The molecule has 4 nitrogen and oxygen atoms in total. The number of ether oxygens (including phenoxy) is 1. The topological polar surface area (TPSA) is 64.3 Å². The molecule has 0 saturated heterocycles. The summed E-state index contributed by atoms with van der Waals surface area (Å²) in [5.74, 6) is 6.47. The zero-order chi connectivity index (χ0) is 27.7. The molecule has 3 N–H and O–H groups in total. The molecule has 4 fully saturated rings. The Balaban J connectivity index is 1.51. The molecular weight excluding hydrogens is 468 g/mol. The van der Waals surface area contributed by atoms with Gasteiger partial charge in [0.05, 0.1) is 0 Å². The van der Waals surface area contributed by atoms with E-state index in [2.05, 4.69) is 46.9 Å². The minimum absolute atomic E-state index is 0.101. The zero-order valence-corrected chi connectivity index (χ0v) is 26.1. The molecule has 0 bridgehead atoms. The average molecular weight is 531 g/mol. The smallest absolute Gasteiger partial charge is 0.302 e. The van der Waals surface area contributed by atoms with E-state index in [9.17, 15) is 4.79 Å². The van der Waals surface area contributed by atoms with Crippen molar-refractivity contribution in [3.05, 3.63) is 0 Å². The monoisotopic (exact) mass is 530 g/mol. The van der Waals surface area contributed by atoms with Gasteiger partial charge < -0.3 is 15.8 Å². The minimum atomic E-state index is -0.113. The first-order valence-electron chi connectivity index (χ1n) is 16.7. The molecule has 11 atom stereocenters.